The molecule has 118 valence electrons. The molecule has 0 bridgehead atoms. The van der Waals surface area contributed by atoms with Gasteiger partial charge in [0.2, 0.25) is 11.0 Å². The molecule has 0 aliphatic carbocycles. The third-order valence-electron chi connectivity index (χ3n) is 3.25. The lowest BCUT2D eigenvalue weighted by Gasteiger charge is -2.04. The van der Waals surface area contributed by atoms with Gasteiger partial charge in [-0.3, -0.25) is 4.79 Å². The standard InChI is InChI=1S/C16H16N4OS2/c1-9(2)14(21)18-15-19-20-16(23-15)22-13-8-10(3)11-6-4-5-7-12(11)17-13/h4-9H,1-3H3,(H,18,19,21). The minimum absolute atomic E-state index is 0.0580. The number of aromatic nitrogens is 3. The van der Waals surface area contributed by atoms with Crippen LogP contribution in [0.25, 0.3) is 10.9 Å². The van der Waals surface area contributed by atoms with Gasteiger partial charge in [0.1, 0.15) is 5.03 Å². The molecule has 0 fully saturated rings. The van der Waals surface area contributed by atoms with Crippen LogP contribution in [0.15, 0.2) is 39.7 Å². The molecular formula is C16H16N4OS2. The van der Waals surface area contributed by atoms with Gasteiger partial charge < -0.3 is 5.32 Å². The molecule has 1 N–H and O–H groups in total. The number of carbonyl (C=O) groups excluding carboxylic acids is 1. The fraction of sp³-hybridized carbons (Fsp3) is 0.250. The summed E-state index contributed by atoms with van der Waals surface area (Å²) in [6.45, 7) is 5.75. The third-order valence-corrected chi connectivity index (χ3v) is 5.06. The van der Waals surface area contributed by atoms with E-state index in [1.54, 1.807) is 0 Å². The van der Waals surface area contributed by atoms with E-state index in [-0.39, 0.29) is 11.8 Å². The SMILES string of the molecule is Cc1cc(Sc2nnc(NC(=O)C(C)C)s2)nc2ccccc12. The molecule has 0 aliphatic rings. The first kappa shape index (κ1) is 15.9. The molecule has 0 saturated carbocycles. The molecular weight excluding hydrogens is 328 g/mol. The number of aryl methyl sites for hydroxylation is 1. The maximum absolute atomic E-state index is 11.7. The van der Waals surface area contributed by atoms with Gasteiger partial charge in [-0.15, -0.1) is 10.2 Å². The van der Waals surface area contributed by atoms with Crippen LogP contribution in [-0.4, -0.2) is 21.1 Å². The first-order chi connectivity index (χ1) is 11.0. The van der Waals surface area contributed by atoms with Gasteiger partial charge in [-0.25, -0.2) is 4.98 Å². The predicted octanol–water partition coefficient (Wildman–Crippen LogP) is 4.14. The molecule has 5 nitrogen and oxygen atoms in total. The van der Waals surface area contributed by atoms with Gasteiger partial charge >= 0.3 is 0 Å². The summed E-state index contributed by atoms with van der Waals surface area (Å²) in [6.07, 6.45) is 0. The number of para-hydroxylation sites is 1. The van der Waals surface area contributed by atoms with E-state index in [1.807, 2.05) is 38.1 Å². The molecule has 2 aromatic heterocycles. The van der Waals surface area contributed by atoms with Crippen LogP contribution in [0.1, 0.15) is 19.4 Å². The summed E-state index contributed by atoms with van der Waals surface area (Å²) in [5.74, 6) is -0.141. The lowest BCUT2D eigenvalue weighted by Crippen LogP contribution is -2.17. The lowest BCUT2D eigenvalue weighted by atomic mass is 10.1. The molecule has 7 heteroatoms. The molecule has 1 aromatic carbocycles. The highest BCUT2D eigenvalue weighted by Gasteiger charge is 2.12. The Morgan fingerprint density at radius 3 is 2.83 bits per heavy atom. The highest BCUT2D eigenvalue weighted by Crippen LogP contribution is 2.32. The van der Waals surface area contributed by atoms with Crippen LogP contribution in [0.4, 0.5) is 5.13 Å². The Kier molecular flexibility index (Phi) is 4.58. The lowest BCUT2D eigenvalue weighted by molar-refractivity contribution is -0.118. The van der Waals surface area contributed by atoms with E-state index in [0.717, 1.165) is 20.3 Å². The van der Waals surface area contributed by atoms with Crippen molar-refractivity contribution >= 4 is 45.0 Å². The minimum atomic E-state index is -0.0835. The van der Waals surface area contributed by atoms with Gasteiger partial charge in [0, 0.05) is 11.3 Å². The molecule has 1 amide bonds. The maximum atomic E-state index is 11.7. The first-order valence-electron chi connectivity index (χ1n) is 7.21. The van der Waals surface area contributed by atoms with E-state index >= 15 is 0 Å². The number of anilines is 1. The number of amides is 1. The summed E-state index contributed by atoms with van der Waals surface area (Å²) in [5.41, 5.74) is 2.14. The van der Waals surface area contributed by atoms with E-state index in [1.165, 1.54) is 28.7 Å². The summed E-state index contributed by atoms with van der Waals surface area (Å²) < 4.78 is 0.756. The number of carbonyl (C=O) groups is 1. The third kappa shape index (κ3) is 3.68. The van der Waals surface area contributed by atoms with Crippen molar-refractivity contribution in [3.63, 3.8) is 0 Å². The molecule has 0 atom stereocenters. The Morgan fingerprint density at radius 2 is 2.04 bits per heavy atom. The zero-order valence-corrected chi connectivity index (χ0v) is 14.7. The Balaban J connectivity index is 1.80. The zero-order valence-electron chi connectivity index (χ0n) is 13.0. The van der Waals surface area contributed by atoms with Gasteiger partial charge in [-0.05, 0) is 36.4 Å². The Labute approximate surface area is 142 Å². The van der Waals surface area contributed by atoms with Crippen LogP contribution in [0, 0.1) is 12.8 Å². The zero-order chi connectivity index (χ0) is 16.4. The van der Waals surface area contributed by atoms with Crippen molar-refractivity contribution in [2.24, 2.45) is 5.92 Å². The summed E-state index contributed by atoms with van der Waals surface area (Å²) in [6, 6.07) is 10.1. The van der Waals surface area contributed by atoms with Crippen LogP contribution in [0.3, 0.4) is 0 Å². The molecule has 3 aromatic rings. The molecule has 0 aliphatic heterocycles. The van der Waals surface area contributed by atoms with Gasteiger partial charge in [0.05, 0.1) is 5.52 Å². The van der Waals surface area contributed by atoms with Gasteiger partial charge in [-0.1, -0.05) is 43.4 Å². The summed E-state index contributed by atoms with van der Waals surface area (Å²) in [7, 11) is 0. The van der Waals surface area contributed by atoms with E-state index in [4.69, 9.17) is 0 Å². The highest BCUT2D eigenvalue weighted by molar-refractivity contribution is 8.01. The Bertz CT molecular complexity index is 860. The van der Waals surface area contributed by atoms with Crippen molar-refractivity contribution in [1.29, 1.82) is 0 Å². The van der Waals surface area contributed by atoms with Crippen molar-refractivity contribution in [3.05, 3.63) is 35.9 Å². The van der Waals surface area contributed by atoms with Crippen molar-refractivity contribution in [2.45, 2.75) is 30.1 Å². The fourth-order valence-corrected chi connectivity index (χ4v) is 3.79. The molecule has 0 saturated heterocycles. The van der Waals surface area contributed by atoms with Crippen LogP contribution in [-0.2, 0) is 4.79 Å². The molecule has 0 radical (unpaired) electrons. The largest absolute Gasteiger partial charge is 0.300 e. The molecule has 0 spiro atoms. The topological polar surface area (TPSA) is 67.8 Å². The smallest absolute Gasteiger partial charge is 0.228 e. The minimum Gasteiger partial charge on any atom is -0.300 e. The highest BCUT2D eigenvalue weighted by atomic mass is 32.2. The molecule has 2 heterocycles. The second kappa shape index (κ2) is 6.64. The summed E-state index contributed by atoms with van der Waals surface area (Å²) >= 11 is 2.81. The first-order valence-corrected chi connectivity index (χ1v) is 8.85. The van der Waals surface area contributed by atoms with Crippen LogP contribution in [0.5, 0.6) is 0 Å². The normalized spacial score (nSPS) is 11.1. The summed E-state index contributed by atoms with van der Waals surface area (Å²) in [5, 5.41) is 13.4. The Hall–Kier alpha value is -1.99. The number of benzene rings is 1. The van der Waals surface area contributed by atoms with Gasteiger partial charge in [0.15, 0.2) is 4.34 Å². The monoisotopic (exact) mass is 344 g/mol. The second-order valence-electron chi connectivity index (χ2n) is 5.41. The number of pyridine rings is 1. The average Bonchev–Trinajstić information content (AvgIpc) is 2.94. The average molecular weight is 344 g/mol. The number of rotatable bonds is 4. The number of nitrogens with zero attached hydrogens (tertiary/aromatic N) is 3. The number of hydrogen-bond donors (Lipinski definition) is 1. The van der Waals surface area contributed by atoms with Crippen LogP contribution >= 0.6 is 23.1 Å². The van der Waals surface area contributed by atoms with E-state index in [2.05, 4.69) is 33.5 Å². The number of nitrogens with one attached hydrogen (secondary N) is 1. The molecule has 23 heavy (non-hydrogen) atoms. The van der Waals surface area contributed by atoms with Crippen LogP contribution < -0.4 is 5.32 Å². The van der Waals surface area contributed by atoms with Crippen molar-refractivity contribution in [1.82, 2.24) is 15.2 Å². The van der Waals surface area contributed by atoms with E-state index < -0.39 is 0 Å². The maximum Gasteiger partial charge on any atom is 0.228 e. The van der Waals surface area contributed by atoms with E-state index in [9.17, 15) is 4.79 Å². The number of hydrogen-bond acceptors (Lipinski definition) is 6. The fourth-order valence-electron chi connectivity index (χ4n) is 2.01. The molecule has 0 unspecified atom stereocenters. The van der Waals surface area contributed by atoms with Gasteiger partial charge in [0.25, 0.3) is 0 Å². The van der Waals surface area contributed by atoms with Crippen molar-refractivity contribution in [3.8, 4) is 0 Å². The second-order valence-corrected chi connectivity index (χ2v) is 7.66. The molecule has 3 rings (SSSR count). The van der Waals surface area contributed by atoms with Gasteiger partial charge in [-0.2, -0.15) is 0 Å². The quantitative estimate of drug-likeness (QED) is 0.720. The number of fused-ring (bicyclic) bond motifs is 1. The predicted molar refractivity (Wildman–Crippen MR) is 94.0 cm³/mol. The Morgan fingerprint density at radius 1 is 1.26 bits per heavy atom. The van der Waals surface area contributed by atoms with Crippen LogP contribution in [0.2, 0.25) is 0 Å². The van der Waals surface area contributed by atoms with Crippen molar-refractivity contribution in [2.75, 3.05) is 5.32 Å². The summed E-state index contributed by atoms with van der Waals surface area (Å²) in [4.78, 5) is 16.3. The van der Waals surface area contributed by atoms with Crippen molar-refractivity contribution < 1.29 is 4.79 Å². The van der Waals surface area contributed by atoms with E-state index in [0.29, 0.717) is 5.13 Å².